The van der Waals surface area contributed by atoms with Gasteiger partial charge in [0, 0.05) is 23.9 Å². The third kappa shape index (κ3) is 5.93. The zero-order valence-corrected chi connectivity index (χ0v) is 18.0. The Kier molecular flexibility index (Phi) is 7.26. The minimum atomic E-state index is -0.612. The molecule has 1 unspecified atom stereocenters. The van der Waals surface area contributed by atoms with Gasteiger partial charge in [0.05, 0.1) is 11.4 Å². The summed E-state index contributed by atoms with van der Waals surface area (Å²) < 4.78 is 19.0. The maximum Gasteiger partial charge on any atom is 0.412 e. The predicted octanol–water partition coefficient (Wildman–Crippen LogP) is 4.76. The van der Waals surface area contributed by atoms with Crippen molar-refractivity contribution in [1.82, 2.24) is 10.3 Å². The molecule has 1 fully saturated rings. The standard InChI is InChI=1S/C25H25FN4O3/c26-20-7-5-19(6-8-20)24(31)29-21-3-1-2-4-22(21)30-25(32)33-23(17-9-13-27-14-10-17)18-11-15-28-16-12-18/h1-10,13-14,18,23,28H,11-12,15-16H2,(H,29,31)(H,30,32). The summed E-state index contributed by atoms with van der Waals surface area (Å²) in [5.41, 5.74) is 2.00. The number of hydrogen-bond acceptors (Lipinski definition) is 5. The number of aromatic nitrogens is 1. The average Bonchev–Trinajstić information content (AvgIpc) is 2.85. The lowest BCUT2D eigenvalue weighted by molar-refractivity contribution is 0.0591. The molecule has 2 aromatic carbocycles. The molecule has 0 radical (unpaired) electrons. The Balaban J connectivity index is 1.47. The number of carbonyl (C=O) groups excluding carboxylic acids is 2. The summed E-state index contributed by atoms with van der Waals surface area (Å²) in [6, 6.07) is 15.8. The second-order valence-electron chi connectivity index (χ2n) is 7.83. The molecule has 1 aliphatic heterocycles. The lowest BCUT2D eigenvalue weighted by Gasteiger charge is -2.30. The molecule has 1 aliphatic rings. The van der Waals surface area contributed by atoms with E-state index in [-0.39, 0.29) is 5.92 Å². The summed E-state index contributed by atoms with van der Waals surface area (Å²) in [6.07, 6.45) is 4.14. The maximum atomic E-state index is 13.1. The zero-order valence-electron chi connectivity index (χ0n) is 18.0. The van der Waals surface area contributed by atoms with Gasteiger partial charge in [-0.3, -0.25) is 15.1 Å². The highest BCUT2D eigenvalue weighted by Gasteiger charge is 2.28. The van der Waals surface area contributed by atoms with Crippen molar-refractivity contribution in [1.29, 1.82) is 0 Å². The maximum absolute atomic E-state index is 13.1. The molecule has 0 saturated carbocycles. The van der Waals surface area contributed by atoms with Gasteiger partial charge in [-0.25, -0.2) is 9.18 Å². The third-order valence-electron chi connectivity index (χ3n) is 5.60. The number of anilines is 2. The number of hydrogen-bond donors (Lipinski definition) is 3. The molecule has 1 atom stereocenters. The van der Waals surface area contributed by atoms with E-state index in [1.807, 2.05) is 12.1 Å². The fourth-order valence-corrected chi connectivity index (χ4v) is 3.89. The van der Waals surface area contributed by atoms with Gasteiger partial charge in [-0.05, 0) is 80.0 Å². The fraction of sp³-hybridized carbons (Fsp3) is 0.240. The van der Waals surface area contributed by atoms with Crippen molar-refractivity contribution in [2.24, 2.45) is 5.92 Å². The highest BCUT2D eigenvalue weighted by molar-refractivity contribution is 6.06. The quantitative estimate of drug-likeness (QED) is 0.506. The number of pyridine rings is 1. The summed E-state index contributed by atoms with van der Waals surface area (Å²) in [6.45, 7) is 1.74. The first-order valence-corrected chi connectivity index (χ1v) is 10.8. The second-order valence-corrected chi connectivity index (χ2v) is 7.83. The number of rotatable bonds is 6. The minimum Gasteiger partial charge on any atom is -0.441 e. The molecule has 7 nitrogen and oxygen atoms in total. The molecule has 0 bridgehead atoms. The number of nitrogens with zero attached hydrogens (tertiary/aromatic N) is 1. The van der Waals surface area contributed by atoms with E-state index in [9.17, 15) is 14.0 Å². The topological polar surface area (TPSA) is 92.4 Å². The summed E-state index contributed by atoms with van der Waals surface area (Å²) in [4.78, 5) is 29.5. The molecule has 8 heteroatoms. The van der Waals surface area contributed by atoms with Crippen LogP contribution in [0.3, 0.4) is 0 Å². The predicted molar refractivity (Wildman–Crippen MR) is 123 cm³/mol. The van der Waals surface area contributed by atoms with Crippen LogP contribution in [0.4, 0.5) is 20.6 Å². The zero-order chi connectivity index (χ0) is 23.0. The molecule has 33 heavy (non-hydrogen) atoms. The molecule has 2 amide bonds. The highest BCUT2D eigenvalue weighted by Crippen LogP contribution is 2.33. The number of para-hydroxylation sites is 2. The monoisotopic (exact) mass is 448 g/mol. The molecule has 0 spiro atoms. The van der Waals surface area contributed by atoms with Crippen molar-refractivity contribution in [2.45, 2.75) is 18.9 Å². The van der Waals surface area contributed by atoms with Crippen molar-refractivity contribution in [2.75, 3.05) is 23.7 Å². The van der Waals surface area contributed by atoms with E-state index in [2.05, 4.69) is 20.9 Å². The lowest BCUT2D eigenvalue weighted by atomic mass is 9.88. The average molecular weight is 448 g/mol. The van der Waals surface area contributed by atoms with Crippen LogP contribution in [0, 0.1) is 11.7 Å². The smallest absolute Gasteiger partial charge is 0.412 e. The SMILES string of the molecule is O=C(Nc1ccccc1NC(=O)c1ccc(F)cc1)OC(c1ccncc1)C1CCNCC1. The Labute approximate surface area is 191 Å². The van der Waals surface area contributed by atoms with Crippen LogP contribution in [0.5, 0.6) is 0 Å². The molecule has 1 saturated heterocycles. The molecular formula is C25H25FN4O3. The summed E-state index contributed by atoms with van der Waals surface area (Å²) in [7, 11) is 0. The van der Waals surface area contributed by atoms with Crippen LogP contribution in [0.25, 0.3) is 0 Å². The van der Waals surface area contributed by atoms with Gasteiger partial charge in [-0.1, -0.05) is 12.1 Å². The van der Waals surface area contributed by atoms with E-state index in [0.717, 1.165) is 31.5 Å². The Morgan fingerprint density at radius 1 is 0.939 bits per heavy atom. The molecular weight excluding hydrogens is 423 g/mol. The van der Waals surface area contributed by atoms with Crippen LogP contribution in [0.1, 0.15) is 34.9 Å². The number of nitrogens with one attached hydrogen (secondary N) is 3. The normalized spacial score (nSPS) is 14.8. The third-order valence-corrected chi connectivity index (χ3v) is 5.60. The van der Waals surface area contributed by atoms with Crippen molar-refractivity contribution < 1.29 is 18.7 Å². The molecule has 2 heterocycles. The van der Waals surface area contributed by atoms with E-state index >= 15 is 0 Å². The van der Waals surface area contributed by atoms with E-state index < -0.39 is 23.9 Å². The number of halogens is 1. The second kappa shape index (κ2) is 10.7. The Bertz CT molecular complexity index is 1090. The first kappa shape index (κ1) is 22.4. The summed E-state index contributed by atoms with van der Waals surface area (Å²) in [5.74, 6) is -0.649. The molecule has 4 rings (SSSR count). The van der Waals surface area contributed by atoms with E-state index in [0.29, 0.717) is 16.9 Å². The number of amides is 2. The number of piperidine rings is 1. The molecule has 0 aliphatic carbocycles. The number of benzene rings is 2. The minimum absolute atomic E-state index is 0.188. The highest BCUT2D eigenvalue weighted by atomic mass is 19.1. The largest absolute Gasteiger partial charge is 0.441 e. The van der Waals surface area contributed by atoms with Crippen LogP contribution in [-0.4, -0.2) is 30.1 Å². The van der Waals surface area contributed by atoms with Crippen molar-refractivity contribution >= 4 is 23.4 Å². The summed E-state index contributed by atoms with van der Waals surface area (Å²) in [5, 5.41) is 8.83. The Hall–Kier alpha value is -3.78. The molecule has 170 valence electrons. The van der Waals surface area contributed by atoms with E-state index in [4.69, 9.17) is 4.74 Å². The Morgan fingerprint density at radius 2 is 1.58 bits per heavy atom. The van der Waals surface area contributed by atoms with Crippen LogP contribution in [-0.2, 0) is 4.74 Å². The van der Waals surface area contributed by atoms with Crippen molar-refractivity contribution in [3.05, 3.63) is 90.0 Å². The molecule has 1 aromatic heterocycles. The van der Waals surface area contributed by atoms with Crippen LogP contribution >= 0.6 is 0 Å². The van der Waals surface area contributed by atoms with Crippen LogP contribution in [0.2, 0.25) is 0 Å². The van der Waals surface area contributed by atoms with E-state index in [1.165, 1.54) is 24.3 Å². The molecule has 3 aromatic rings. The first-order chi connectivity index (χ1) is 16.1. The van der Waals surface area contributed by atoms with Gasteiger partial charge in [-0.2, -0.15) is 0 Å². The first-order valence-electron chi connectivity index (χ1n) is 10.8. The van der Waals surface area contributed by atoms with Crippen molar-refractivity contribution in [3.8, 4) is 0 Å². The number of carbonyl (C=O) groups is 2. The number of ether oxygens (including phenoxy) is 1. The van der Waals surface area contributed by atoms with Gasteiger partial charge in [0.2, 0.25) is 0 Å². The van der Waals surface area contributed by atoms with Crippen LogP contribution in [0.15, 0.2) is 73.1 Å². The van der Waals surface area contributed by atoms with Gasteiger partial charge in [0.15, 0.2) is 0 Å². The van der Waals surface area contributed by atoms with Gasteiger partial charge >= 0.3 is 6.09 Å². The van der Waals surface area contributed by atoms with E-state index in [1.54, 1.807) is 36.7 Å². The van der Waals surface area contributed by atoms with Gasteiger partial charge in [0.25, 0.3) is 5.91 Å². The lowest BCUT2D eigenvalue weighted by Crippen LogP contribution is -2.33. The van der Waals surface area contributed by atoms with Gasteiger partial charge in [-0.15, -0.1) is 0 Å². The van der Waals surface area contributed by atoms with Gasteiger partial charge in [0.1, 0.15) is 11.9 Å². The Morgan fingerprint density at radius 3 is 2.24 bits per heavy atom. The van der Waals surface area contributed by atoms with Crippen molar-refractivity contribution in [3.63, 3.8) is 0 Å². The summed E-state index contributed by atoms with van der Waals surface area (Å²) >= 11 is 0. The molecule has 3 N–H and O–H groups in total. The fourth-order valence-electron chi connectivity index (χ4n) is 3.89. The van der Waals surface area contributed by atoms with Crippen LogP contribution < -0.4 is 16.0 Å². The van der Waals surface area contributed by atoms with Gasteiger partial charge < -0.3 is 15.4 Å².